The largest absolute Gasteiger partial charge is 0.488 e. The Morgan fingerprint density at radius 2 is 1.92 bits per heavy atom. The van der Waals surface area contributed by atoms with Crippen molar-refractivity contribution in [2.24, 2.45) is 5.92 Å². The summed E-state index contributed by atoms with van der Waals surface area (Å²) < 4.78 is 6.42. The number of nitrogens with one attached hydrogen (secondary N) is 1. The van der Waals surface area contributed by atoms with E-state index in [2.05, 4.69) is 86.1 Å². The maximum atomic E-state index is 12.2. The summed E-state index contributed by atoms with van der Waals surface area (Å²) in [7, 11) is 1.86. The number of hydrogen-bond acceptors (Lipinski definition) is 5. The van der Waals surface area contributed by atoms with Crippen LogP contribution in [-0.4, -0.2) is 29.7 Å². The number of rotatable bonds is 8. The lowest BCUT2D eigenvalue weighted by Crippen LogP contribution is -2.36. The van der Waals surface area contributed by atoms with Gasteiger partial charge in [-0.15, -0.1) is 12.6 Å². The van der Waals surface area contributed by atoms with E-state index in [-0.39, 0.29) is 17.1 Å². The average molecular weight is 518 g/mol. The highest BCUT2D eigenvalue weighted by atomic mass is 32.1. The van der Waals surface area contributed by atoms with E-state index in [1.807, 2.05) is 26.1 Å². The molecule has 0 bridgehead atoms. The van der Waals surface area contributed by atoms with Crippen LogP contribution in [0.15, 0.2) is 54.6 Å². The molecule has 0 aliphatic carbocycles. The van der Waals surface area contributed by atoms with Crippen LogP contribution in [0.25, 0.3) is 0 Å². The number of benzene rings is 3. The van der Waals surface area contributed by atoms with Crippen LogP contribution in [0, 0.1) is 19.8 Å². The fraction of sp³-hybridized carbons (Fsp3) is 0.387. The zero-order valence-corrected chi connectivity index (χ0v) is 23.4. The van der Waals surface area contributed by atoms with Gasteiger partial charge < -0.3 is 15.8 Å². The number of carbonyl (C=O) groups is 1. The zero-order valence-electron chi connectivity index (χ0n) is 22.5. The molecular weight excluding hydrogens is 478 g/mol. The smallest absolute Gasteiger partial charge is 0.186 e. The minimum Gasteiger partial charge on any atom is -0.488 e. The summed E-state index contributed by atoms with van der Waals surface area (Å²) in [5.74, 6) is 1.27. The molecule has 2 atom stereocenters. The van der Waals surface area contributed by atoms with Crippen LogP contribution >= 0.6 is 12.6 Å². The second-order valence-electron chi connectivity index (χ2n) is 10.5. The van der Waals surface area contributed by atoms with Gasteiger partial charge in [0, 0.05) is 44.6 Å². The molecule has 3 aromatic rings. The standard InChI is InChI=1S/C31H39N3O2S/c1-19(2)29-18-34(16-23-8-6-7-9-28(23)36-29)17-24-14-22(11-10-20(24)3)26(15-30(35)37)25-12-13-27(33-5)31(32)21(25)4/h6-14,19,26,29,33H,15-18,32H2,1-5H3,(H,35,37). The predicted molar refractivity (Wildman–Crippen MR) is 157 cm³/mol. The summed E-state index contributed by atoms with van der Waals surface area (Å²) >= 11 is 4.15. The summed E-state index contributed by atoms with van der Waals surface area (Å²) in [4.78, 5) is 14.7. The predicted octanol–water partition coefficient (Wildman–Crippen LogP) is 6.32. The average Bonchev–Trinajstić information content (AvgIpc) is 3.05. The topological polar surface area (TPSA) is 67.6 Å². The van der Waals surface area contributed by atoms with Crippen LogP contribution in [0.1, 0.15) is 59.6 Å². The first kappa shape index (κ1) is 27.1. The molecular formula is C31H39N3O2S. The molecule has 0 aromatic heterocycles. The fourth-order valence-corrected chi connectivity index (χ4v) is 5.40. The number of thiol groups is 1. The molecule has 5 nitrogen and oxygen atoms in total. The number of aryl methyl sites for hydroxylation is 1. The number of carbonyl (C=O) groups excluding carboxylic acids is 1. The van der Waals surface area contributed by atoms with Gasteiger partial charge in [-0.25, -0.2) is 0 Å². The van der Waals surface area contributed by atoms with Crippen molar-refractivity contribution in [3.8, 4) is 5.75 Å². The number of hydrogen-bond donors (Lipinski definition) is 3. The molecule has 3 aromatic carbocycles. The van der Waals surface area contributed by atoms with Crippen molar-refractivity contribution in [2.45, 2.75) is 59.2 Å². The first-order valence-corrected chi connectivity index (χ1v) is 13.5. The molecule has 1 aliphatic heterocycles. The number of para-hydroxylation sites is 1. The minimum atomic E-state index is -0.135. The molecule has 37 heavy (non-hydrogen) atoms. The van der Waals surface area contributed by atoms with Gasteiger partial charge in [-0.2, -0.15) is 0 Å². The molecule has 3 N–H and O–H groups in total. The van der Waals surface area contributed by atoms with E-state index in [4.69, 9.17) is 10.5 Å². The second kappa shape index (κ2) is 11.6. The number of nitrogen functional groups attached to an aromatic ring is 1. The Morgan fingerprint density at radius 1 is 1.16 bits per heavy atom. The van der Waals surface area contributed by atoms with Gasteiger partial charge in [-0.3, -0.25) is 9.69 Å². The van der Waals surface area contributed by atoms with Gasteiger partial charge in [0.15, 0.2) is 5.12 Å². The number of nitrogens with zero attached hydrogens (tertiary/aromatic N) is 1. The Morgan fingerprint density at radius 3 is 2.62 bits per heavy atom. The van der Waals surface area contributed by atoms with Crippen LogP contribution in [0.3, 0.4) is 0 Å². The van der Waals surface area contributed by atoms with Crippen LogP contribution in [0.4, 0.5) is 11.4 Å². The molecule has 0 fully saturated rings. The van der Waals surface area contributed by atoms with Crippen molar-refractivity contribution in [1.82, 2.24) is 4.90 Å². The fourth-order valence-electron chi connectivity index (χ4n) is 5.22. The van der Waals surface area contributed by atoms with Crippen molar-refractivity contribution in [3.05, 3.63) is 88.0 Å². The van der Waals surface area contributed by atoms with Crippen LogP contribution in [0.2, 0.25) is 0 Å². The third-order valence-corrected chi connectivity index (χ3v) is 7.76. The molecule has 0 amide bonds. The van der Waals surface area contributed by atoms with E-state index in [0.717, 1.165) is 47.8 Å². The molecule has 0 saturated carbocycles. The minimum absolute atomic E-state index is 0.117. The quantitative estimate of drug-likeness (QED) is 0.241. The lowest BCUT2D eigenvalue weighted by atomic mass is 9.84. The third kappa shape index (κ3) is 6.13. The van der Waals surface area contributed by atoms with Gasteiger partial charge in [0.2, 0.25) is 0 Å². The lowest BCUT2D eigenvalue weighted by molar-refractivity contribution is -0.111. The number of ether oxygens (including phenoxy) is 1. The molecule has 0 saturated heterocycles. The molecule has 1 aliphatic rings. The summed E-state index contributed by atoms with van der Waals surface area (Å²) in [5.41, 5.74) is 14.9. The van der Waals surface area contributed by atoms with E-state index in [0.29, 0.717) is 18.0 Å². The van der Waals surface area contributed by atoms with Crippen molar-refractivity contribution < 1.29 is 9.53 Å². The van der Waals surface area contributed by atoms with Gasteiger partial charge in [-0.05, 0) is 59.7 Å². The van der Waals surface area contributed by atoms with Gasteiger partial charge >= 0.3 is 0 Å². The lowest BCUT2D eigenvalue weighted by Gasteiger charge is -2.27. The van der Waals surface area contributed by atoms with Crippen molar-refractivity contribution in [3.63, 3.8) is 0 Å². The molecule has 2 unspecified atom stereocenters. The normalized spacial score (nSPS) is 16.6. The first-order valence-electron chi connectivity index (χ1n) is 13.0. The monoisotopic (exact) mass is 517 g/mol. The van der Waals surface area contributed by atoms with E-state index >= 15 is 0 Å². The van der Waals surface area contributed by atoms with Crippen LogP contribution < -0.4 is 15.8 Å². The zero-order chi connectivity index (χ0) is 26.7. The summed E-state index contributed by atoms with van der Waals surface area (Å²) in [5, 5.41) is 3.01. The molecule has 4 rings (SSSR count). The molecule has 0 spiro atoms. The van der Waals surface area contributed by atoms with Crippen LogP contribution in [-0.2, 0) is 17.9 Å². The first-order chi connectivity index (χ1) is 17.7. The number of fused-ring (bicyclic) bond motifs is 1. The Balaban J connectivity index is 1.69. The molecule has 0 radical (unpaired) electrons. The van der Waals surface area contributed by atoms with Crippen LogP contribution in [0.5, 0.6) is 5.75 Å². The molecule has 1 heterocycles. The van der Waals surface area contributed by atoms with E-state index in [9.17, 15) is 4.79 Å². The number of anilines is 2. The van der Waals surface area contributed by atoms with E-state index < -0.39 is 0 Å². The second-order valence-corrected chi connectivity index (χ2v) is 11.0. The maximum Gasteiger partial charge on any atom is 0.186 e. The molecule has 6 heteroatoms. The Hall–Kier alpha value is -2.96. The van der Waals surface area contributed by atoms with Gasteiger partial charge in [-0.1, -0.05) is 56.3 Å². The van der Waals surface area contributed by atoms with Crippen molar-refractivity contribution in [1.29, 1.82) is 0 Å². The van der Waals surface area contributed by atoms with Gasteiger partial charge in [0.25, 0.3) is 0 Å². The van der Waals surface area contributed by atoms with Crippen molar-refractivity contribution in [2.75, 3.05) is 24.6 Å². The van der Waals surface area contributed by atoms with E-state index in [1.54, 1.807) is 0 Å². The van der Waals surface area contributed by atoms with E-state index in [1.165, 1.54) is 16.7 Å². The maximum absolute atomic E-state index is 12.2. The highest BCUT2D eigenvalue weighted by Gasteiger charge is 2.26. The summed E-state index contributed by atoms with van der Waals surface area (Å²) in [6, 6.07) is 19.0. The third-order valence-electron chi connectivity index (χ3n) is 7.58. The summed E-state index contributed by atoms with van der Waals surface area (Å²) in [6.45, 7) is 11.1. The van der Waals surface area contributed by atoms with Gasteiger partial charge in [0.1, 0.15) is 11.9 Å². The SMILES string of the molecule is CNc1ccc(C(CC(=O)S)c2ccc(C)c(CN3Cc4ccccc4OC(C(C)C)C3)c2)c(C)c1N. The Kier molecular flexibility index (Phi) is 8.50. The van der Waals surface area contributed by atoms with Crippen molar-refractivity contribution >= 4 is 29.1 Å². The molecule has 196 valence electrons. The van der Waals surface area contributed by atoms with Gasteiger partial charge in [0.05, 0.1) is 11.4 Å². The summed E-state index contributed by atoms with van der Waals surface area (Å²) in [6.07, 6.45) is 0.434. The Bertz CT molecular complexity index is 1270. The highest BCUT2D eigenvalue weighted by Crippen LogP contribution is 2.37. The Labute approximate surface area is 226 Å². The number of nitrogens with two attached hydrogens (primary N) is 1. The highest BCUT2D eigenvalue weighted by molar-refractivity contribution is 7.96.